The molecule has 1 aliphatic rings. The van der Waals surface area contributed by atoms with E-state index in [1.807, 2.05) is 17.5 Å². The normalized spacial score (nSPS) is 25.4. The lowest BCUT2D eigenvalue weighted by Gasteiger charge is -2.13. The molecule has 1 fully saturated rings. The fraction of sp³-hybridized carbons (Fsp3) is 0.545. The van der Waals surface area contributed by atoms with E-state index in [1.165, 1.54) is 0 Å². The maximum absolute atomic E-state index is 11.7. The van der Waals surface area contributed by atoms with Crippen LogP contribution in [-0.4, -0.2) is 12.0 Å². The van der Waals surface area contributed by atoms with Gasteiger partial charge in [-0.2, -0.15) is 0 Å². The highest BCUT2D eigenvalue weighted by atomic mass is 32.1. The average molecular weight is 225 g/mol. The van der Waals surface area contributed by atoms with Crippen LogP contribution in [0.25, 0.3) is 0 Å². The predicted octanol–water partition coefficient (Wildman–Crippen LogP) is 1.92. The van der Waals surface area contributed by atoms with E-state index < -0.39 is 0 Å². The molecule has 1 aromatic rings. The molecule has 1 aliphatic carbocycles. The van der Waals surface area contributed by atoms with Crippen molar-refractivity contribution < 1.29 is 9.53 Å². The Morgan fingerprint density at radius 1 is 1.60 bits per heavy atom. The van der Waals surface area contributed by atoms with E-state index in [4.69, 9.17) is 10.5 Å². The van der Waals surface area contributed by atoms with E-state index in [2.05, 4.69) is 0 Å². The van der Waals surface area contributed by atoms with E-state index in [0.29, 0.717) is 6.61 Å². The summed E-state index contributed by atoms with van der Waals surface area (Å²) in [6.45, 7) is 0.389. The molecule has 0 aliphatic heterocycles. The van der Waals surface area contributed by atoms with Gasteiger partial charge in [-0.3, -0.25) is 4.79 Å². The van der Waals surface area contributed by atoms with Crippen molar-refractivity contribution in [2.24, 2.45) is 11.7 Å². The molecule has 0 spiro atoms. The highest BCUT2D eigenvalue weighted by Crippen LogP contribution is 2.25. The van der Waals surface area contributed by atoms with Crippen LogP contribution in [0.1, 0.15) is 24.1 Å². The zero-order chi connectivity index (χ0) is 10.7. The second kappa shape index (κ2) is 4.77. The van der Waals surface area contributed by atoms with Crippen LogP contribution in [-0.2, 0) is 16.1 Å². The summed E-state index contributed by atoms with van der Waals surface area (Å²) in [4.78, 5) is 12.7. The first-order valence-corrected chi connectivity index (χ1v) is 6.10. The van der Waals surface area contributed by atoms with Crippen molar-refractivity contribution in [3.8, 4) is 0 Å². The molecule has 2 rings (SSSR count). The van der Waals surface area contributed by atoms with Crippen molar-refractivity contribution in [3.63, 3.8) is 0 Å². The summed E-state index contributed by atoms with van der Waals surface area (Å²) < 4.78 is 5.23. The van der Waals surface area contributed by atoms with Crippen LogP contribution in [0.15, 0.2) is 17.5 Å². The number of nitrogens with two attached hydrogens (primary N) is 1. The third kappa shape index (κ3) is 2.58. The fourth-order valence-electron chi connectivity index (χ4n) is 1.93. The lowest BCUT2D eigenvalue weighted by molar-refractivity contribution is -0.149. The predicted molar refractivity (Wildman–Crippen MR) is 59.4 cm³/mol. The average Bonchev–Trinajstić information content (AvgIpc) is 2.84. The van der Waals surface area contributed by atoms with Crippen LogP contribution in [0.3, 0.4) is 0 Å². The summed E-state index contributed by atoms with van der Waals surface area (Å²) in [6, 6.07) is 3.92. The number of thiophene rings is 1. The van der Waals surface area contributed by atoms with Gasteiger partial charge in [0.2, 0.25) is 0 Å². The van der Waals surface area contributed by atoms with E-state index in [1.54, 1.807) is 11.3 Å². The highest BCUT2D eigenvalue weighted by Gasteiger charge is 2.31. The van der Waals surface area contributed by atoms with E-state index in [-0.39, 0.29) is 17.9 Å². The Labute approximate surface area is 93.2 Å². The molecule has 0 radical (unpaired) electrons. The van der Waals surface area contributed by atoms with Gasteiger partial charge in [-0.25, -0.2) is 0 Å². The summed E-state index contributed by atoms with van der Waals surface area (Å²) in [5.74, 6) is -0.210. The SMILES string of the molecule is NC1CCCC1C(=O)OCc1cccs1. The van der Waals surface area contributed by atoms with Gasteiger partial charge in [0.15, 0.2) is 0 Å². The van der Waals surface area contributed by atoms with Crippen LogP contribution >= 0.6 is 11.3 Å². The summed E-state index contributed by atoms with van der Waals surface area (Å²) >= 11 is 1.60. The Balaban J connectivity index is 1.82. The molecule has 2 atom stereocenters. The molecule has 1 saturated carbocycles. The molecular weight excluding hydrogens is 210 g/mol. The zero-order valence-corrected chi connectivity index (χ0v) is 9.33. The Hall–Kier alpha value is -0.870. The molecule has 4 heteroatoms. The highest BCUT2D eigenvalue weighted by molar-refractivity contribution is 7.09. The maximum Gasteiger partial charge on any atom is 0.310 e. The van der Waals surface area contributed by atoms with Crippen molar-refractivity contribution in [1.82, 2.24) is 0 Å². The Bertz CT molecular complexity index is 323. The molecule has 2 N–H and O–H groups in total. The van der Waals surface area contributed by atoms with E-state index in [9.17, 15) is 4.79 Å². The molecule has 3 nitrogen and oxygen atoms in total. The first-order chi connectivity index (χ1) is 7.27. The molecule has 2 unspecified atom stereocenters. The minimum Gasteiger partial charge on any atom is -0.460 e. The van der Waals surface area contributed by atoms with Crippen molar-refractivity contribution >= 4 is 17.3 Å². The molecule has 15 heavy (non-hydrogen) atoms. The number of hydrogen-bond donors (Lipinski definition) is 1. The van der Waals surface area contributed by atoms with Gasteiger partial charge in [-0.15, -0.1) is 11.3 Å². The van der Waals surface area contributed by atoms with Crippen LogP contribution in [0.2, 0.25) is 0 Å². The fourth-order valence-corrected chi connectivity index (χ4v) is 2.54. The van der Waals surface area contributed by atoms with Gasteiger partial charge in [-0.05, 0) is 24.3 Å². The second-order valence-corrected chi connectivity index (χ2v) is 4.92. The number of rotatable bonds is 3. The topological polar surface area (TPSA) is 52.3 Å². The quantitative estimate of drug-likeness (QED) is 0.800. The van der Waals surface area contributed by atoms with Crippen LogP contribution in [0.4, 0.5) is 0 Å². The van der Waals surface area contributed by atoms with E-state index >= 15 is 0 Å². The number of ether oxygens (including phenoxy) is 1. The smallest absolute Gasteiger partial charge is 0.310 e. The standard InChI is InChI=1S/C11H15NO2S/c12-10-5-1-4-9(10)11(13)14-7-8-3-2-6-15-8/h2-3,6,9-10H,1,4-5,7,12H2. The van der Waals surface area contributed by atoms with Crippen molar-refractivity contribution in [2.45, 2.75) is 31.9 Å². The second-order valence-electron chi connectivity index (χ2n) is 3.89. The molecule has 82 valence electrons. The molecule has 1 heterocycles. The van der Waals surface area contributed by atoms with Gasteiger partial charge in [0, 0.05) is 10.9 Å². The molecule has 1 aromatic heterocycles. The lowest BCUT2D eigenvalue weighted by atomic mass is 10.1. The molecule has 0 aromatic carbocycles. The summed E-state index contributed by atoms with van der Waals surface area (Å²) in [5.41, 5.74) is 5.83. The molecular formula is C11H15NO2S. The third-order valence-corrected chi connectivity index (χ3v) is 3.66. The summed E-state index contributed by atoms with van der Waals surface area (Å²) in [6.07, 6.45) is 2.86. The maximum atomic E-state index is 11.7. The zero-order valence-electron chi connectivity index (χ0n) is 8.52. The van der Waals surface area contributed by atoms with Crippen molar-refractivity contribution in [2.75, 3.05) is 0 Å². The lowest BCUT2D eigenvalue weighted by Crippen LogP contribution is -2.31. The van der Waals surface area contributed by atoms with Gasteiger partial charge in [-0.1, -0.05) is 12.5 Å². The first-order valence-electron chi connectivity index (χ1n) is 5.22. The number of carbonyl (C=O) groups excluding carboxylic acids is 1. The Kier molecular flexibility index (Phi) is 3.38. The molecule has 0 amide bonds. The van der Waals surface area contributed by atoms with Crippen molar-refractivity contribution in [1.29, 1.82) is 0 Å². The van der Waals surface area contributed by atoms with Gasteiger partial charge >= 0.3 is 5.97 Å². The van der Waals surface area contributed by atoms with Gasteiger partial charge in [0.1, 0.15) is 6.61 Å². The third-order valence-electron chi connectivity index (χ3n) is 2.81. The minimum atomic E-state index is -0.131. The number of hydrogen-bond acceptors (Lipinski definition) is 4. The van der Waals surface area contributed by atoms with Crippen LogP contribution in [0, 0.1) is 5.92 Å². The minimum absolute atomic E-state index is 0.000774. The monoisotopic (exact) mass is 225 g/mol. The van der Waals surface area contributed by atoms with E-state index in [0.717, 1.165) is 24.1 Å². The Morgan fingerprint density at radius 2 is 2.47 bits per heavy atom. The summed E-state index contributed by atoms with van der Waals surface area (Å²) in [5, 5.41) is 1.98. The number of esters is 1. The van der Waals surface area contributed by atoms with Crippen LogP contribution in [0.5, 0.6) is 0 Å². The molecule has 0 saturated heterocycles. The largest absolute Gasteiger partial charge is 0.460 e. The molecule has 0 bridgehead atoms. The first kappa shape index (κ1) is 10.6. The number of carbonyl (C=O) groups is 1. The summed E-state index contributed by atoms with van der Waals surface area (Å²) in [7, 11) is 0. The Morgan fingerprint density at radius 3 is 3.07 bits per heavy atom. The van der Waals surface area contributed by atoms with Gasteiger partial charge in [0.25, 0.3) is 0 Å². The van der Waals surface area contributed by atoms with Gasteiger partial charge in [0.05, 0.1) is 5.92 Å². The van der Waals surface area contributed by atoms with Crippen LogP contribution < -0.4 is 5.73 Å². The van der Waals surface area contributed by atoms with Gasteiger partial charge < -0.3 is 10.5 Å². The van der Waals surface area contributed by atoms with Crippen molar-refractivity contribution in [3.05, 3.63) is 22.4 Å².